The van der Waals surface area contributed by atoms with Crippen molar-refractivity contribution in [3.05, 3.63) is 70.6 Å². The van der Waals surface area contributed by atoms with E-state index in [0.717, 1.165) is 16.5 Å². The van der Waals surface area contributed by atoms with Gasteiger partial charge < -0.3 is 5.73 Å². The molecule has 2 aromatic carbocycles. The molecule has 23 heavy (non-hydrogen) atoms. The van der Waals surface area contributed by atoms with Gasteiger partial charge in [0.15, 0.2) is 5.65 Å². The zero-order valence-corrected chi connectivity index (χ0v) is 12.5. The van der Waals surface area contributed by atoms with Gasteiger partial charge in [-0.15, -0.1) is 5.10 Å². The number of benzene rings is 2. The molecule has 0 aliphatic heterocycles. The molecule has 4 aromatic rings. The van der Waals surface area contributed by atoms with Gasteiger partial charge in [0.25, 0.3) is 0 Å². The van der Waals surface area contributed by atoms with Crippen molar-refractivity contribution in [2.45, 2.75) is 13.0 Å². The van der Waals surface area contributed by atoms with E-state index in [9.17, 15) is 4.79 Å². The van der Waals surface area contributed by atoms with Gasteiger partial charge in [0.2, 0.25) is 5.95 Å². The van der Waals surface area contributed by atoms with Gasteiger partial charge in [-0.25, -0.2) is 18.9 Å². The summed E-state index contributed by atoms with van der Waals surface area (Å²) in [5.41, 5.74) is 7.95. The van der Waals surface area contributed by atoms with E-state index in [4.69, 9.17) is 5.73 Å². The average molecular weight is 305 g/mol. The summed E-state index contributed by atoms with van der Waals surface area (Å²) in [5, 5.41) is 5.33. The molecule has 0 fully saturated rings. The molecule has 2 aromatic heterocycles. The van der Waals surface area contributed by atoms with Gasteiger partial charge in [-0.2, -0.15) is 0 Å². The fourth-order valence-corrected chi connectivity index (χ4v) is 2.82. The van der Waals surface area contributed by atoms with Crippen LogP contribution in [0.1, 0.15) is 18.5 Å². The summed E-state index contributed by atoms with van der Waals surface area (Å²) in [4.78, 5) is 17.0. The van der Waals surface area contributed by atoms with Crippen molar-refractivity contribution in [1.82, 2.24) is 19.2 Å². The van der Waals surface area contributed by atoms with Crippen LogP contribution < -0.4 is 11.4 Å². The third-order valence-corrected chi connectivity index (χ3v) is 4.06. The number of fused-ring (bicyclic) bond motifs is 3. The molecule has 2 heterocycles. The number of hydrogen-bond acceptors (Lipinski definition) is 4. The first kappa shape index (κ1) is 13.5. The van der Waals surface area contributed by atoms with Crippen LogP contribution >= 0.6 is 0 Å². The molecule has 0 spiro atoms. The molecule has 114 valence electrons. The Kier molecular flexibility index (Phi) is 2.90. The van der Waals surface area contributed by atoms with Crippen LogP contribution in [0.25, 0.3) is 16.6 Å². The number of nitrogens with two attached hydrogens (primary N) is 1. The van der Waals surface area contributed by atoms with Crippen molar-refractivity contribution in [1.29, 1.82) is 0 Å². The number of anilines is 1. The first-order valence-corrected chi connectivity index (χ1v) is 7.37. The quantitative estimate of drug-likeness (QED) is 0.616. The summed E-state index contributed by atoms with van der Waals surface area (Å²) in [5.74, 6) is 0.148. The lowest BCUT2D eigenvalue weighted by Crippen LogP contribution is -2.26. The van der Waals surface area contributed by atoms with E-state index in [-0.39, 0.29) is 17.7 Å². The Hall–Kier alpha value is -3.15. The van der Waals surface area contributed by atoms with Crippen LogP contribution in [0.4, 0.5) is 5.95 Å². The molecule has 4 rings (SSSR count). The number of hydrogen-bond donors (Lipinski definition) is 1. The summed E-state index contributed by atoms with van der Waals surface area (Å²) in [6.07, 6.45) is 0. The summed E-state index contributed by atoms with van der Waals surface area (Å²) < 4.78 is 2.82. The number of nitrogens with zero attached hydrogens (tertiary/aromatic N) is 4. The molecule has 0 bridgehead atoms. The van der Waals surface area contributed by atoms with Crippen molar-refractivity contribution >= 4 is 22.5 Å². The number of rotatable bonds is 2. The summed E-state index contributed by atoms with van der Waals surface area (Å²) in [7, 11) is 0. The molecule has 0 aliphatic rings. The molecule has 1 atom stereocenters. The highest BCUT2D eigenvalue weighted by Crippen LogP contribution is 2.20. The van der Waals surface area contributed by atoms with Gasteiger partial charge in [0.1, 0.15) is 0 Å². The molecule has 2 N–H and O–H groups in total. The molecule has 0 radical (unpaired) electrons. The van der Waals surface area contributed by atoms with Gasteiger partial charge in [0.05, 0.1) is 11.6 Å². The Labute approximate surface area is 131 Å². The van der Waals surface area contributed by atoms with Crippen LogP contribution in [0.3, 0.4) is 0 Å². The molecule has 1 unspecified atom stereocenters. The highest BCUT2D eigenvalue weighted by molar-refractivity contribution is 5.92. The first-order valence-electron chi connectivity index (χ1n) is 7.37. The smallest absolute Gasteiger partial charge is 0.353 e. The Morgan fingerprint density at radius 2 is 1.74 bits per heavy atom. The van der Waals surface area contributed by atoms with E-state index in [1.54, 1.807) is 0 Å². The van der Waals surface area contributed by atoms with Crippen LogP contribution in [-0.2, 0) is 0 Å². The van der Waals surface area contributed by atoms with Crippen LogP contribution in [-0.4, -0.2) is 19.2 Å². The molecule has 6 heteroatoms. The number of aromatic nitrogens is 4. The van der Waals surface area contributed by atoms with Gasteiger partial charge >= 0.3 is 5.69 Å². The van der Waals surface area contributed by atoms with E-state index in [1.807, 2.05) is 61.5 Å². The summed E-state index contributed by atoms with van der Waals surface area (Å²) in [6, 6.07) is 17.1. The Morgan fingerprint density at radius 3 is 2.52 bits per heavy atom. The van der Waals surface area contributed by atoms with Crippen molar-refractivity contribution < 1.29 is 0 Å². The highest BCUT2D eigenvalue weighted by atomic mass is 16.2. The Morgan fingerprint density at radius 1 is 1.04 bits per heavy atom. The van der Waals surface area contributed by atoms with Gasteiger partial charge in [-0.1, -0.05) is 42.5 Å². The minimum Gasteiger partial charge on any atom is -0.369 e. The van der Waals surface area contributed by atoms with Crippen molar-refractivity contribution in [3.8, 4) is 0 Å². The lowest BCUT2D eigenvalue weighted by molar-refractivity contribution is 0.545. The maximum absolute atomic E-state index is 12.8. The maximum Gasteiger partial charge on any atom is 0.353 e. The second-order valence-corrected chi connectivity index (χ2v) is 5.46. The van der Waals surface area contributed by atoms with Crippen LogP contribution in [0.5, 0.6) is 0 Å². The predicted octanol–water partition coefficient (Wildman–Crippen LogP) is 2.24. The van der Waals surface area contributed by atoms with Gasteiger partial charge in [-0.05, 0) is 24.6 Å². The van der Waals surface area contributed by atoms with E-state index < -0.39 is 0 Å². The zero-order valence-electron chi connectivity index (χ0n) is 12.5. The standard InChI is InChI=1S/C17H15N5O/c1-11(12-7-3-2-4-8-12)22-17(23)21-15(20-22)13-9-5-6-10-14(13)19-16(21)18/h2-11H,1H3,(H2,18,19). The average Bonchev–Trinajstić information content (AvgIpc) is 2.93. The third kappa shape index (κ3) is 1.99. The lowest BCUT2D eigenvalue weighted by atomic mass is 10.1. The fraction of sp³-hybridized carbons (Fsp3) is 0.118. The lowest BCUT2D eigenvalue weighted by Gasteiger charge is -2.10. The number of nitrogen functional groups attached to an aromatic ring is 1. The molecular weight excluding hydrogens is 290 g/mol. The van der Waals surface area contributed by atoms with Crippen molar-refractivity contribution in [3.63, 3.8) is 0 Å². The second-order valence-electron chi connectivity index (χ2n) is 5.46. The van der Waals surface area contributed by atoms with Crippen molar-refractivity contribution in [2.75, 3.05) is 5.73 Å². The zero-order chi connectivity index (χ0) is 16.0. The third-order valence-electron chi connectivity index (χ3n) is 4.06. The first-order chi connectivity index (χ1) is 11.2. The van der Waals surface area contributed by atoms with Gasteiger partial charge in [-0.3, -0.25) is 0 Å². The van der Waals surface area contributed by atoms with Crippen LogP contribution in [0.2, 0.25) is 0 Å². The van der Waals surface area contributed by atoms with Gasteiger partial charge in [0, 0.05) is 5.39 Å². The monoisotopic (exact) mass is 305 g/mol. The van der Waals surface area contributed by atoms with Crippen LogP contribution in [0, 0.1) is 0 Å². The van der Waals surface area contributed by atoms with E-state index in [2.05, 4.69) is 10.1 Å². The largest absolute Gasteiger partial charge is 0.369 e. The Bertz CT molecular complexity index is 1060. The summed E-state index contributed by atoms with van der Waals surface area (Å²) >= 11 is 0. The normalized spacial score (nSPS) is 12.7. The number of para-hydroxylation sites is 1. The Balaban J connectivity index is 2.03. The molecular formula is C17H15N5O. The summed E-state index contributed by atoms with van der Waals surface area (Å²) in [6.45, 7) is 1.94. The van der Waals surface area contributed by atoms with E-state index in [1.165, 1.54) is 9.08 Å². The minimum atomic E-state index is -0.285. The molecule has 6 nitrogen and oxygen atoms in total. The fourth-order valence-electron chi connectivity index (χ4n) is 2.82. The molecule has 0 aliphatic carbocycles. The topological polar surface area (TPSA) is 78.2 Å². The van der Waals surface area contributed by atoms with E-state index in [0.29, 0.717) is 5.65 Å². The van der Waals surface area contributed by atoms with E-state index >= 15 is 0 Å². The predicted molar refractivity (Wildman–Crippen MR) is 89.4 cm³/mol. The molecule has 0 saturated carbocycles. The molecule has 0 saturated heterocycles. The minimum absolute atomic E-state index is 0.148. The maximum atomic E-state index is 12.8. The van der Waals surface area contributed by atoms with Crippen molar-refractivity contribution in [2.24, 2.45) is 0 Å². The molecule has 0 amide bonds. The van der Waals surface area contributed by atoms with Crippen LogP contribution in [0.15, 0.2) is 59.4 Å². The SMILES string of the molecule is CC(c1ccccc1)n1nc2c3ccccc3nc(N)n2c1=O. The second kappa shape index (κ2) is 4.95. The highest BCUT2D eigenvalue weighted by Gasteiger charge is 2.18.